The molecule has 3 aromatic heterocycles. The average molecular weight is 557 g/mol. The Kier molecular flexibility index (Phi) is 7.43. The van der Waals surface area contributed by atoms with Gasteiger partial charge >= 0.3 is 0 Å². The van der Waals surface area contributed by atoms with Crippen molar-refractivity contribution in [2.45, 2.75) is 12.8 Å². The highest BCUT2D eigenvalue weighted by Gasteiger charge is 2.23. The van der Waals surface area contributed by atoms with Gasteiger partial charge in [0, 0.05) is 42.7 Å². The van der Waals surface area contributed by atoms with Crippen molar-refractivity contribution in [3.63, 3.8) is 0 Å². The number of fused-ring (bicyclic) bond motifs is 1. The molecule has 10 nitrogen and oxygen atoms in total. The van der Waals surface area contributed by atoms with E-state index in [2.05, 4.69) is 21.5 Å². The zero-order valence-corrected chi connectivity index (χ0v) is 21.9. The number of hydrogen-bond donors (Lipinski definition) is 2. The zero-order valence-electron chi connectivity index (χ0n) is 19.6. The van der Waals surface area contributed by atoms with E-state index in [9.17, 15) is 4.79 Å². The number of nitrogen functional groups attached to an aromatic ring is 1. The largest absolute Gasteiger partial charge is 0.382 e. The maximum absolute atomic E-state index is 13.1. The van der Waals surface area contributed by atoms with Gasteiger partial charge in [-0.25, -0.2) is 14.5 Å². The van der Waals surface area contributed by atoms with Gasteiger partial charge in [0.1, 0.15) is 16.5 Å². The minimum absolute atomic E-state index is 0.154. The van der Waals surface area contributed by atoms with Crippen molar-refractivity contribution in [3.8, 4) is 17.3 Å². The van der Waals surface area contributed by atoms with E-state index in [4.69, 9.17) is 43.9 Å². The number of carbonyl (C=O) groups is 1. The number of ether oxygens (including phenoxy) is 1. The van der Waals surface area contributed by atoms with Gasteiger partial charge in [0.2, 0.25) is 0 Å². The van der Waals surface area contributed by atoms with Crippen molar-refractivity contribution in [1.82, 2.24) is 24.5 Å². The summed E-state index contributed by atoms with van der Waals surface area (Å²) in [6.07, 6.45) is 3.13. The molecule has 3 N–H and O–H groups in total. The van der Waals surface area contributed by atoms with Crippen LogP contribution in [0.25, 0.3) is 16.8 Å². The number of nitrogens with two attached hydrogens (primary N) is 1. The van der Waals surface area contributed by atoms with Crippen molar-refractivity contribution in [2.75, 3.05) is 43.9 Å². The number of hydrogen-bond acceptors (Lipinski definition) is 9. The van der Waals surface area contributed by atoms with Gasteiger partial charge in [0.25, 0.3) is 5.91 Å². The van der Waals surface area contributed by atoms with Crippen LogP contribution >= 0.6 is 34.5 Å². The molecular formula is C24H22Cl2N8O2S. The molecule has 0 radical (unpaired) electrons. The van der Waals surface area contributed by atoms with Crippen LogP contribution in [0.1, 0.15) is 26.8 Å². The van der Waals surface area contributed by atoms with Crippen LogP contribution in [-0.4, -0.2) is 63.2 Å². The number of nitrogens with zero attached hydrogens (tertiary/aromatic N) is 6. The van der Waals surface area contributed by atoms with E-state index in [1.54, 1.807) is 39.9 Å². The van der Waals surface area contributed by atoms with Gasteiger partial charge < -0.3 is 20.7 Å². The van der Waals surface area contributed by atoms with Crippen molar-refractivity contribution in [1.29, 1.82) is 5.26 Å². The molecule has 1 fully saturated rings. The number of anilines is 2. The van der Waals surface area contributed by atoms with Gasteiger partial charge in [-0.15, -0.1) is 11.3 Å². The first-order valence-electron chi connectivity index (χ1n) is 11.5. The third-order valence-electron chi connectivity index (χ3n) is 5.84. The number of carbonyl (C=O) groups excluding carboxylic acids is 1. The molecule has 0 aliphatic carbocycles. The number of aromatic nitrogens is 4. The lowest BCUT2D eigenvalue weighted by atomic mass is 10.1. The summed E-state index contributed by atoms with van der Waals surface area (Å²) in [6.45, 7) is 2.63. The molecule has 190 valence electrons. The standard InChI is InChI=1S/C24H22Cl2N8O2S/c25-14-3-4-15(16(26)10-14)18-13-34-19(11-17(32-34)24(35)33-6-8-36-9-7-33)23(30-18)29-5-1-2-21-31-22(28)20(12-27)37-21/h3-4,10-11,13H,1-2,5-9,28H2,(H,29,30). The van der Waals surface area contributed by atoms with E-state index in [1.807, 2.05) is 0 Å². The summed E-state index contributed by atoms with van der Waals surface area (Å²) in [5.41, 5.74) is 8.03. The summed E-state index contributed by atoms with van der Waals surface area (Å²) in [4.78, 5) is 24.3. The second-order valence-corrected chi connectivity index (χ2v) is 10.3. The Morgan fingerprint density at radius 3 is 2.78 bits per heavy atom. The molecular weight excluding hydrogens is 535 g/mol. The average Bonchev–Trinajstić information content (AvgIpc) is 3.49. The van der Waals surface area contributed by atoms with Gasteiger partial charge in [-0.2, -0.15) is 10.4 Å². The summed E-state index contributed by atoms with van der Waals surface area (Å²) in [6, 6.07) is 8.99. The Morgan fingerprint density at radius 2 is 2.05 bits per heavy atom. The second-order valence-electron chi connectivity index (χ2n) is 8.33. The smallest absolute Gasteiger partial charge is 0.274 e. The van der Waals surface area contributed by atoms with Crippen molar-refractivity contribution >= 4 is 57.6 Å². The van der Waals surface area contributed by atoms with E-state index >= 15 is 0 Å². The van der Waals surface area contributed by atoms with Crippen molar-refractivity contribution < 1.29 is 9.53 Å². The zero-order chi connectivity index (χ0) is 25.9. The Bertz CT molecular complexity index is 1510. The third-order valence-corrected chi connectivity index (χ3v) is 7.42. The minimum Gasteiger partial charge on any atom is -0.382 e. The van der Waals surface area contributed by atoms with Crippen LogP contribution in [-0.2, 0) is 11.2 Å². The van der Waals surface area contributed by atoms with Gasteiger partial charge in [-0.05, 0) is 24.6 Å². The maximum atomic E-state index is 13.1. The first kappa shape index (κ1) is 25.2. The molecule has 1 aliphatic rings. The van der Waals surface area contributed by atoms with E-state index in [1.165, 1.54) is 11.3 Å². The normalized spacial score (nSPS) is 13.6. The quantitative estimate of drug-likeness (QED) is 0.324. The minimum atomic E-state index is -0.154. The highest BCUT2D eigenvalue weighted by Crippen LogP contribution is 2.31. The third kappa shape index (κ3) is 5.47. The molecule has 0 spiro atoms. The van der Waals surface area contributed by atoms with Crippen molar-refractivity contribution in [2.24, 2.45) is 0 Å². The Balaban J connectivity index is 1.43. The fourth-order valence-corrected chi connectivity index (χ4v) is 5.32. The molecule has 0 unspecified atom stereocenters. The Hall–Kier alpha value is -3.43. The Labute approximate surface area is 226 Å². The van der Waals surface area contributed by atoms with Crippen LogP contribution in [0.2, 0.25) is 10.0 Å². The molecule has 0 atom stereocenters. The fraction of sp³-hybridized carbons (Fsp3) is 0.292. The van der Waals surface area contributed by atoms with Crippen LogP contribution in [0.3, 0.4) is 0 Å². The number of rotatable bonds is 7. The van der Waals surface area contributed by atoms with Crippen molar-refractivity contribution in [3.05, 3.63) is 56.1 Å². The van der Waals surface area contributed by atoms with Crippen LogP contribution in [0.4, 0.5) is 11.6 Å². The topological polar surface area (TPSA) is 134 Å². The van der Waals surface area contributed by atoms with E-state index in [0.717, 1.165) is 11.4 Å². The molecule has 5 rings (SSSR count). The summed E-state index contributed by atoms with van der Waals surface area (Å²) < 4.78 is 7.00. The SMILES string of the molecule is N#Cc1sc(CCCNc2nc(-c3ccc(Cl)cc3Cl)cn3nc(C(=O)N4CCOCC4)cc23)nc1N. The molecule has 1 aliphatic heterocycles. The molecule has 37 heavy (non-hydrogen) atoms. The van der Waals surface area contributed by atoms with Crippen LogP contribution < -0.4 is 11.1 Å². The lowest BCUT2D eigenvalue weighted by Crippen LogP contribution is -2.40. The number of benzene rings is 1. The number of nitriles is 1. The first-order valence-corrected chi connectivity index (χ1v) is 13.1. The Morgan fingerprint density at radius 1 is 1.24 bits per heavy atom. The van der Waals surface area contributed by atoms with Crippen LogP contribution in [0.5, 0.6) is 0 Å². The van der Waals surface area contributed by atoms with Gasteiger partial charge in [0.15, 0.2) is 17.3 Å². The van der Waals surface area contributed by atoms with E-state index in [-0.39, 0.29) is 11.7 Å². The number of halogens is 2. The van der Waals surface area contributed by atoms with E-state index < -0.39 is 0 Å². The lowest BCUT2D eigenvalue weighted by Gasteiger charge is -2.25. The monoisotopic (exact) mass is 556 g/mol. The highest BCUT2D eigenvalue weighted by molar-refractivity contribution is 7.12. The summed E-state index contributed by atoms with van der Waals surface area (Å²) >= 11 is 13.8. The maximum Gasteiger partial charge on any atom is 0.274 e. The summed E-state index contributed by atoms with van der Waals surface area (Å²) in [5, 5.41) is 18.8. The number of nitrogens with one attached hydrogen (secondary N) is 1. The second kappa shape index (κ2) is 10.9. The molecule has 1 saturated heterocycles. The predicted molar refractivity (Wildman–Crippen MR) is 143 cm³/mol. The summed E-state index contributed by atoms with van der Waals surface area (Å²) in [7, 11) is 0. The predicted octanol–water partition coefficient (Wildman–Crippen LogP) is 4.13. The number of amides is 1. The molecule has 1 aromatic carbocycles. The molecule has 1 amide bonds. The van der Waals surface area contributed by atoms with Crippen LogP contribution in [0.15, 0.2) is 30.5 Å². The first-order chi connectivity index (χ1) is 17.9. The van der Waals surface area contributed by atoms with Crippen LogP contribution in [0, 0.1) is 11.3 Å². The molecule has 4 aromatic rings. The highest BCUT2D eigenvalue weighted by atomic mass is 35.5. The molecule has 0 saturated carbocycles. The van der Waals surface area contributed by atoms with E-state index in [0.29, 0.717) is 82.5 Å². The number of aryl methyl sites for hydroxylation is 1. The number of morpholine rings is 1. The molecule has 4 heterocycles. The summed E-state index contributed by atoms with van der Waals surface area (Å²) in [5.74, 6) is 0.676. The van der Waals surface area contributed by atoms with Gasteiger partial charge in [-0.3, -0.25) is 4.79 Å². The van der Waals surface area contributed by atoms with Gasteiger partial charge in [-0.1, -0.05) is 23.2 Å². The fourth-order valence-electron chi connectivity index (χ4n) is 3.99. The number of thiazole rings is 1. The van der Waals surface area contributed by atoms with Gasteiger partial charge in [0.05, 0.1) is 35.1 Å². The molecule has 13 heteroatoms. The molecule has 0 bridgehead atoms. The lowest BCUT2D eigenvalue weighted by molar-refractivity contribution is 0.0299.